The van der Waals surface area contributed by atoms with Gasteiger partial charge in [0.2, 0.25) is 0 Å². The van der Waals surface area contributed by atoms with Gasteiger partial charge in [-0.15, -0.1) is 0 Å². The second-order valence-electron chi connectivity index (χ2n) is 12.5. The standard InChI is InChI=1S/C45H27N3O/c1-3-10-30-24-32(18-16-28(30)8-1)33-20-22-37-34(25-33)12-7-14-40(37)45-47-43(35-19-17-29-9-2-4-11-31(29)26-35)46-44(48-45)36-21-23-39-38-13-5-6-15-41(38)49-42(39)27-36/h1-27H. The second kappa shape index (κ2) is 11.0. The average Bonchev–Trinajstić information content (AvgIpc) is 3.55. The van der Waals surface area contributed by atoms with Crippen LogP contribution in [0, 0.1) is 0 Å². The van der Waals surface area contributed by atoms with E-state index in [1.165, 1.54) is 27.3 Å². The van der Waals surface area contributed by atoms with E-state index >= 15 is 0 Å². The molecule has 0 unspecified atom stereocenters. The maximum Gasteiger partial charge on any atom is 0.164 e. The summed E-state index contributed by atoms with van der Waals surface area (Å²) in [6, 6.07) is 57.2. The van der Waals surface area contributed by atoms with E-state index < -0.39 is 0 Å². The van der Waals surface area contributed by atoms with Crippen LogP contribution in [0.1, 0.15) is 0 Å². The molecule has 2 aromatic heterocycles. The van der Waals surface area contributed by atoms with Crippen molar-refractivity contribution in [3.05, 3.63) is 164 Å². The topological polar surface area (TPSA) is 51.8 Å². The van der Waals surface area contributed by atoms with Crippen LogP contribution in [0.4, 0.5) is 0 Å². The smallest absolute Gasteiger partial charge is 0.164 e. The van der Waals surface area contributed by atoms with Crippen molar-refractivity contribution in [2.24, 2.45) is 0 Å². The van der Waals surface area contributed by atoms with Crippen molar-refractivity contribution in [1.82, 2.24) is 15.0 Å². The molecular weight excluding hydrogens is 599 g/mol. The van der Waals surface area contributed by atoms with E-state index in [9.17, 15) is 0 Å². The van der Waals surface area contributed by atoms with Crippen LogP contribution in [-0.2, 0) is 0 Å². The van der Waals surface area contributed by atoms with Crippen molar-refractivity contribution in [1.29, 1.82) is 0 Å². The van der Waals surface area contributed by atoms with Gasteiger partial charge in [0.25, 0.3) is 0 Å². The van der Waals surface area contributed by atoms with Crippen molar-refractivity contribution in [2.45, 2.75) is 0 Å². The molecule has 0 bridgehead atoms. The summed E-state index contributed by atoms with van der Waals surface area (Å²) in [5, 5.41) is 9.15. The summed E-state index contributed by atoms with van der Waals surface area (Å²) in [5.74, 6) is 1.85. The van der Waals surface area contributed by atoms with Gasteiger partial charge in [0.15, 0.2) is 17.5 Å². The van der Waals surface area contributed by atoms with Crippen LogP contribution < -0.4 is 0 Å². The molecule has 49 heavy (non-hydrogen) atoms. The highest BCUT2D eigenvalue weighted by atomic mass is 16.3. The molecule has 0 saturated heterocycles. The first-order chi connectivity index (χ1) is 24.2. The SMILES string of the molecule is c1ccc2cc(-c3ccc4c(-c5nc(-c6ccc7ccccc7c6)nc(-c6ccc7c(c6)oc6ccccc67)n5)cccc4c3)ccc2c1. The number of furan rings is 1. The molecule has 0 atom stereocenters. The van der Waals surface area contributed by atoms with Gasteiger partial charge in [-0.25, -0.2) is 15.0 Å². The lowest BCUT2D eigenvalue weighted by atomic mass is 9.96. The maximum atomic E-state index is 6.25. The highest BCUT2D eigenvalue weighted by Crippen LogP contribution is 2.35. The number of benzene rings is 8. The number of nitrogens with zero attached hydrogens (tertiary/aromatic N) is 3. The highest BCUT2D eigenvalue weighted by Gasteiger charge is 2.17. The Hall–Kier alpha value is -6.65. The van der Waals surface area contributed by atoms with Crippen LogP contribution in [0.25, 0.3) is 99.5 Å². The fourth-order valence-corrected chi connectivity index (χ4v) is 6.98. The third kappa shape index (κ3) is 4.73. The van der Waals surface area contributed by atoms with Crippen molar-refractivity contribution in [3.63, 3.8) is 0 Å². The van der Waals surface area contributed by atoms with Crippen LogP contribution in [0.5, 0.6) is 0 Å². The van der Waals surface area contributed by atoms with Gasteiger partial charge in [-0.05, 0) is 79.8 Å². The molecule has 0 amide bonds. The van der Waals surface area contributed by atoms with E-state index in [1.807, 2.05) is 24.3 Å². The van der Waals surface area contributed by atoms with Crippen molar-refractivity contribution in [3.8, 4) is 45.3 Å². The molecule has 0 N–H and O–H groups in total. The number of hydrogen-bond acceptors (Lipinski definition) is 4. The lowest BCUT2D eigenvalue weighted by Gasteiger charge is -2.12. The van der Waals surface area contributed by atoms with Gasteiger partial charge < -0.3 is 4.42 Å². The number of aromatic nitrogens is 3. The summed E-state index contributed by atoms with van der Waals surface area (Å²) in [5.41, 5.74) is 6.79. The normalized spacial score (nSPS) is 11.7. The summed E-state index contributed by atoms with van der Waals surface area (Å²) in [6.07, 6.45) is 0. The molecule has 0 aliphatic heterocycles. The van der Waals surface area contributed by atoms with Gasteiger partial charge in [0.1, 0.15) is 11.2 Å². The zero-order valence-corrected chi connectivity index (χ0v) is 26.3. The lowest BCUT2D eigenvalue weighted by Crippen LogP contribution is -2.00. The molecule has 10 rings (SSSR count). The van der Waals surface area contributed by atoms with Crippen LogP contribution in [0.2, 0.25) is 0 Å². The van der Waals surface area contributed by atoms with E-state index in [1.54, 1.807) is 0 Å². The Balaban J connectivity index is 1.14. The lowest BCUT2D eigenvalue weighted by molar-refractivity contribution is 0.669. The number of para-hydroxylation sites is 1. The molecule has 0 radical (unpaired) electrons. The first kappa shape index (κ1) is 27.5. The predicted octanol–water partition coefficient (Wildman–Crippen LogP) is 11.9. The van der Waals surface area contributed by atoms with Crippen LogP contribution in [-0.4, -0.2) is 15.0 Å². The van der Waals surface area contributed by atoms with Gasteiger partial charge in [-0.2, -0.15) is 0 Å². The molecule has 0 fully saturated rings. The van der Waals surface area contributed by atoms with Crippen LogP contribution >= 0.6 is 0 Å². The van der Waals surface area contributed by atoms with Crippen LogP contribution in [0.3, 0.4) is 0 Å². The average molecular weight is 626 g/mol. The Morgan fingerprint density at radius 1 is 0.306 bits per heavy atom. The molecule has 0 saturated carbocycles. The summed E-state index contributed by atoms with van der Waals surface area (Å²) in [6.45, 7) is 0. The molecule has 0 aliphatic rings. The first-order valence-electron chi connectivity index (χ1n) is 16.4. The molecular formula is C45H27N3O. The van der Waals surface area contributed by atoms with Gasteiger partial charge in [-0.1, -0.05) is 127 Å². The molecule has 4 heteroatoms. The fraction of sp³-hybridized carbons (Fsp3) is 0. The van der Waals surface area contributed by atoms with E-state index in [0.29, 0.717) is 17.5 Å². The van der Waals surface area contributed by atoms with Gasteiger partial charge in [0.05, 0.1) is 0 Å². The minimum atomic E-state index is 0.598. The first-order valence-corrected chi connectivity index (χ1v) is 16.4. The minimum Gasteiger partial charge on any atom is -0.456 e. The quantitative estimate of drug-likeness (QED) is 0.195. The van der Waals surface area contributed by atoms with E-state index in [4.69, 9.17) is 19.4 Å². The third-order valence-corrected chi connectivity index (χ3v) is 9.48. The van der Waals surface area contributed by atoms with E-state index in [0.717, 1.165) is 54.8 Å². The number of hydrogen-bond donors (Lipinski definition) is 0. The summed E-state index contributed by atoms with van der Waals surface area (Å²) in [7, 11) is 0. The molecule has 8 aromatic carbocycles. The van der Waals surface area contributed by atoms with Gasteiger partial charge in [-0.3, -0.25) is 0 Å². The zero-order valence-electron chi connectivity index (χ0n) is 26.3. The summed E-state index contributed by atoms with van der Waals surface area (Å²) in [4.78, 5) is 15.3. The van der Waals surface area contributed by atoms with Gasteiger partial charge in [0, 0.05) is 27.5 Å². The molecule has 4 nitrogen and oxygen atoms in total. The largest absolute Gasteiger partial charge is 0.456 e. The Morgan fingerprint density at radius 3 is 1.59 bits per heavy atom. The van der Waals surface area contributed by atoms with E-state index in [-0.39, 0.29) is 0 Å². The summed E-state index contributed by atoms with van der Waals surface area (Å²) >= 11 is 0. The molecule has 228 valence electrons. The fourth-order valence-electron chi connectivity index (χ4n) is 6.98. The molecule has 10 aromatic rings. The highest BCUT2D eigenvalue weighted by molar-refractivity contribution is 6.06. The molecule has 2 heterocycles. The third-order valence-electron chi connectivity index (χ3n) is 9.48. The number of rotatable bonds is 4. The van der Waals surface area contributed by atoms with E-state index in [2.05, 4.69) is 140 Å². The Morgan fingerprint density at radius 2 is 0.816 bits per heavy atom. The monoisotopic (exact) mass is 625 g/mol. The van der Waals surface area contributed by atoms with Crippen molar-refractivity contribution in [2.75, 3.05) is 0 Å². The Kier molecular flexibility index (Phi) is 6.15. The number of fused-ring (bicyclic) bond motifs is 6. The zero-order chi connectivity index (χ0) is 32.3. The second-order valence-corrected chi connectivity index (χ2v) is 12.5. The summed E-state index contributed by atoms with van der Waals surface area (Å²) < 4.78 is 6.25. The van der Waals surface area contributed by atoms with Gasteiger partial charge >= 0.3 is 0 Å². The maximum absolute atomic E-state index is 6.25. The predicted molar refractivity (Wildman–Crippen MR) is 201 cm³/mol. The van der Waals surface area contributed by atoms with Crippen molar-refractivity contribution < 1.29 is 4.42 Å². The Bertz CT molecular complexity index is 2900. The Labute approximate surface area is 282 Å². The molecule has 0 spiro atoms. The minimum absolute atomic E-state index is 0.598. The van der Waals surface area contributed by atoms with Crippen molar-refractivity contribution >= 4 is 54.3 Å². The van der Waals surface area contributed by atoms with Crippen LogP contribution in [0.15, 0.2) is 168 Å². The molecule has 0 aliphatic carbocycles.